The minimum absolute atomic E-state index is 0.0655. The molecule has 1 saturated heterocycles. The Morgan fingerprint density at radius 2 is 1.88 bits per heavy atom. The van der Waals surface area contributed by atoms with Crippen LogP contribution in [-0.4, -0.2) is 45.0 Å². The second kappa shape index (κ2) is 6.23. The number of aliphatic hydroxyl groups is 1. The van der Waals surface area contributed by atoms with Crippen molar-refractivity contribution >= 4 is 0 Å². The van der Waals surface area contributed by atoms with Crippen LogP contribution in [0.5, 0.6) is 11.5 Å². The number of aromatic hydroxyl groups is 2. The summed E-state index contributed by atoms with van der Waals surface area (Å²) in [6.07, 6.45) is 8.90. The van der Waals surface area contributed by atoms with Crippen LogP contribution in [0.15, 0.2) is 18.2 Å². The molecular formula is C20H29NO3. The van der Waals surface area contributed by atoms with Gasteiger partial charge in [0.25, 0.3) is 0 Å². The molecule has 4 nitrogen and oxygen atoms in total. The van der Waals surface area contributed by atoms with Crippen LogP contribution in [0.1, 0.15) is 50.5 Å². The quantitative estimate of drug-likeness (QED) is 0.742. The van der Waals surface area contributed by atoms with E-state index in [2.05, 4.69) is 4.90 Å². The topological polar surface area (TPSA) is 63.9 Å². The van der Waals surface area contributed by atoms with Gasteiger partial charge in [-0.25, -0.2) is 0 Å². The fraction of sp³-hybridized carbons (Fsp3) is 0.700. The SMILES string of the molecule is Oc1ccc(C[C@H]2N(CC3CC3)CCC3CCCCC32O)cc1O. The van der Waals surface area contributed by atoms with Gasteiger partial charge in [-0.1, -0.05) is 18.9 Å². The Hall–Kier alpha value is -1.26. The third kappa shape index (κ3) is 3.02. The molecule has 0 bridgehead atoms. The fourth-order valence-electron chi connectivity index (χ4n) is 4.96. The highest BCUT2D eigenvalue weighted by atomic mass is 16.3. The largest absolute Gasteiger partial charge is 0.504 e. The van der Waals surface area contributed by atoms with Crippen molar-refractivity contribution in [3.8, 4) is 11.5 Å². The van der Waals surface area contributed by atoms with Gasteiger partial charge in [-0.05, 0) is 74.6 Å². The van der Waals surface area contributed by atoms with Crippen LogP contribution in [0.3, 0.4) is 0 Å². The van der Waals surface area contributed by atoms with E-state index in [0.717, 1.165) is 56.7 Å². The average molecular weight is 331 g/mol. The first-order valence-electron chi connectivity index (χ1n) is 9.53. The van der Waals surface area contributed by atoms with E-state index in [1.807, 2.05) is 6.07 Å². The normalized spacial score (nSPS) is 34.0. The molecule has 1 aromatic rings. The summed E-state index contributed by atoms with van der Waals surface area (Å²) in [5, 5.41) is 31.0. The highest BCUT2D eigenvalue weighted by molar-refractivity contribution is 5.41. The lowest BCUT2D eigenvalue weighted by atomic mass is 9.66. The third-order valence-corrected chi connectivity index (χ3v) is 6.53. The van der Waals surface area contributed by atoms with Crippen molar-refractivity contribution in [1.29, 1.82) is 0 Å². The molecule has 3 aliphatic rings. The zero-order valence-electron chi connectivity index (χ0n) is 14.3. The summed E-state index contributed by atoms with van der Waals surface area (Å²) in [4.78, 5) is 2.52. The van der Waals surface area contributed by atoms with E-state index in [0.29, 0.717) is 5.92 Å². The Balaban J connectivity index is 1.60. The molecule has 132 valence electrons. The second-order valence-electron chi connectivity index (χ2n) is 8.20. The van der Waals surface area contributed by atoms with E-state index in [-0.39, 0.29) is 17.5 Å². The van der Waals surface area contributed by atoms with Crippen molar-refractivity contribution in [2.75, 3.05) is 13.1 Å². The average Bonchev–Trinajstić information content (AvgIpc) is 3.37. The van der Waals surface area contributed by atoms with E-state index >= 15 is 0 Å². The van der Waals surface area contributed by atoms with Crippen LogP contribution >= 0.6 is 0 Å². The van der Waals surface area contributed by atoms with Crippen molar-refractivity contribution in [1.82, 2.24) is 4.90 Å². The van der Waals surface area contributed by atoms with Gasteiger partial charge in [0.05, 0.1) is 5.60 Å². The van der Waals surface area contributed by atoms with Crippen LogP contribution in [0, 0.1) is 11.8 Å². The van der Waals surface area contributed by atoms with Crippen molar-refractivity contribution in [2.45, 2.75) is 63.0 Å². The van der Waals surface area contributed by atoms with Crippen LogP contribution in [0.2, 0.25) is 0 Å². The summed E-state index contributed by atoms with van der Waals surface area (Å²) in [5.74, 6) is 1.08. The summed E-state index contributed by atoms with van der Waals surface area (Å²) in [5.41, 5.74) is 0.398. The Morgan fingerprint density at radius 1 is 1.04 bits per heavy atom. The molecule has 0 aromatic heterocycles. The lowest BCUT2D eigenvalue weighted by Crippen LogP contribution is -2.63. The van der Waals surface area contributed by atoms with Crippen molar-refractivity contribution < 1.29 is 15.3 Å². The molecule has 4 heteroatoms. The van der Waals surface area contributed by atoms with Gasteiger partial charge in [0.15, 0.2) is 11.5 Å². The summed E-state index contributed by atoms with van der Waals surface area (Å²) in [7, 11) is 0. The van der Waals surface area contributed by atoms with Crippen LogP contribution in [0.25, 0.3) is 0 Å². The number of piperidine rings is 1. The third-order valence-electron chi connectivity index (χ3n) is 6.53. The standard InChI is InChI=1S/C20H29NO3/c22-17-7-6-15(11-18(17)23)12-19-20(24)9-2-1-3-16(20)8-10-21(19)13-14-4-5-14/h6-7,11,14,16,19,22-24H,1-5,8-10,12-13H2/t16?,19-,20?/m1/s1. The Bertz CT molecular complexity index is 601. The molecule has 2 saturated carbocycles. The van der Waals surface area contributed by atoms with E-state index in [4.69, 9.17) is 0 Å². The smallest absolute Gasteiger partial charge is 0.157 e. The van der Waals surface area contributed by atoms with Gasteiger partial charge in [-0.15, -0.1) is 0 Å². The number of likely N-dealkylation sites (tertiary alicyclic amines) is 1. The minimum Gasteiger partial charge on any atom is -0.504 e. The molecule has 1 heterocycles. The molecule has 24 heavy (non-hydrogen) atoms. The maximum Gasteiger partial charge on any atom is 0.157 e. The maximum atomic E-state index is 11.6. The lowest BCUT2D eigenvalue weighted by molar-refractivity contribution is -0.141. The number of hydrogen-bond acceptors (Lipinski definition) is 4. The molecule has 2 aliphatic carbocycles. The van der Waals surface area contributed by atoms with Gasteiger partial charge in [-0.2, -0.15) is 0 Å². The van der Waals surface area contributed by atoms with Crippen molar-refractivity contribution in [3.63, 3.8) is 0 Å². The number of nitrogens with zero attached hydrogens (tertiary/aromatic N) is 1. The van der Waals surface area contributed by atoms with Gasteiger partial charge < -0.3 is 15.3 Å². The zero-order valence-corrected chi connectivity index (χ0v) is 14.3. The lowest BCUT2D eigenvalue weighted by Gasteiger charge is -2.54. The number of fused-ring (bicyclic) bond motifs is 1. The van der Waals surface area contributed by atoms with Crippen molar-refractivity contribution in [2.24, 2.45) is 11.8 Å². The molecule has 4 rings (SSSR count). The van der Waals surface area contributed by atoms with Crippen LogP contribution in [0.4, 0.5) is 0 Å². The van der Waals surface area contributed by atoms with Gasteiger partial charge in [0, 0.05) is 12.6 Å². The number of phenols is 2. The molecule has 2 unspecified atom stereocenters. The molecule has 3 atom stereocenters. The summed E-state index contributed by atoms with van der Waals surface area (Å²) < 4.78 is 0. The van der Waals surface area contributed by atoms with Crippen molar-refractivity contribution in [3.05, 3.63) is 23.8 Å². The summed E-state index contributed by atoms with van der Waals surface area (Å²) in [6.45, 7) is 2.18. The van der Waals surface area contributed by atoms with Gasteiger partial charge in [0.2, 0.25) is 0 Å². The molecule has 0 amide bonds. The van der Waals surface area contributed by atoms with E-state index in [1.165, 1.54) is 19.3 Å². The molecule has 1 aliphatic heterocycles. The van der Waals surface area contributed by atoms with Gasteiger partial charge >= 0.3 is 0 Å². The Kier molecular flexibility index (Phi) is 4.21. The number of phenolic OH excluding ortho intramolecular Hbond substituents is 2. The highest BCUT2D eigenvalue weighted by Gasteiger charge is 2.50. The van der Waals surface area contributed by atoms with Crippen LogP contribution < -0.4 is 0 Å². The zero-order chi connectivity index (χ0) is 16.7. The first-order chi connectivity index (χ1) is 11.6. The Morgan fingerprint density at radius 3 is 2.62 bits per heavy atom. The first kappa shape index (κ1) is 16.2. The maximum absolute atomic E-state index is 11.6. The summed E-state index contributed by atoms with van der Waals surface area (Å²) in [6, 6.07) is 5.21. The predicted octanol–water partition coefficient (Wildman–Crippen LogP) is 3.05. The molecule has 0 radical (unpaired) electrons. The number of benzene rings is 1. The number of hydrogen-bond donors (Lipinski definition) is 3. The van der Waals surface area contributed by atoms with Gasteiger partial charge in [0.1, 0.15) is 0 Å². The minimum atomic E-state index is -0.598. The monoisotopic (exact) mass is 331 g/mol. The summed E-state index contributed by atoms with van der Waals surface area (Å²) >= 11 is 0. The van der Waals surface area contributed by atoms with E-state index < -0.39 is 5.60 Å². The van der Waals surface area contributed by atoms with E-state index in [1.54, 1.807) is 12.1 Å². The Labute approximate surface area is 144 Å². The highest BCUT2D eigenvalue weighted by Crippen LogP contribution is 2.45. The predicted molar refractivity (Wildman–Crippen MR) is 93.1 cm³/mol. The molecule has 1 aromatic carbocycles. The first-order valence-corrected chi connectivity index (χ1v) is 9.53. The number of rotatable bonds is 4. The van der Waals surface area contributed by atoms with Crippen LogP contribution in [-0.2, 0) is 6.42 Å². The molecular weight excluding hydrogens is 302 g/mol. The fourth-order valence-corrected chi connectivity index (χ4v) is 4.96. The van der Waals surface area contributed by atoms with E-state index in [9.17, 15) is 15.3 Å². The second-order valence-corrected chi connectivity index (χ2v) is 8.20. The molecule has 3 fully saturated rings. The molecule has 3 N–H and O–H groups in total. The van der Waals surface area contributed by atoms with Gasteiger partial charge in [-0.3, -0.25) is 4.90 Å². The molecule has 0 spiro atoms.